The number of carbonyl (C=O) groups excluding carboxylic acids is 1. The quantitative estimate of drug-likeness (QED) is 0.548. The molecular weight excluding hydrogens is 372 g/mol. The summed E-state index contributed by atoms with van der Waals surface area (Å²) in [5, 5.41) is 10.1. The van der Waals surface area contributed by atoms with Crippen molar-refractivity contribution in [2.24, 2.45) is 10.8 Å². The minimum absolute atomic E-state index is 0.0480. The van der Waals surface area contributed by atoms with Crippen LogP contribution in [0.1, 0.15) is 81.3 Å². The van der Waals surface area contributed by atoms with Gasteiger partial charge in [0.25, 0.3) is 0 Å². The fraction of sp³-hybridized carbons (Fsp3) is 0.500. The van der Waals surface area contributed by atoms with Crippen molar-refractivity contribution >= 4 is 5.97 Å². The highest BCUT2D eigenvalue weighted by molar-refractivity contribution is 6.00. The molecule has 0 saturated carbocycles. The van der Waals surface area contributed by atoms with Crippen LogP contribution in [-0.2, 0) is 17.6 Å². The van der Waals surface area contributed by atoms with Gasteiger partial charge in [-0.25, -0.2) is 4.79 Å². The zero-order valence-electron chi connectivity index (χ0n) is 19.6. The lowest BCUT2D eigenvalue weighted by molar-refractivity contribution is 0.0525. The Labute approximate surface area is 181 Å². The highest BCUT2D eigenvalue weighted by Crippen LogP contribution is 2.36. The first-order valence-corrected chi connectivity index (χ1v) is 10.6. The second-order valence-corrected chi connectivity index (χ2v) is 10.3. The second kappa shape index (κ2) is 9.00. The van der Waals surface area contributed by atoms with Crippen molar-refractivity contribution < 1.29 is 9.53 Å². The number of carbonyl (C=O) groups is 1. The molecule has 0 aliphatic carbocycles. The van der Waals surface area contributed by atoms with Crippen molar-refractivity contribution in [1.82, 2.24) is 4.98 Å². The molecule has 1 aromatic heterocycles. The Kier molecular flexibility index (Phi) is 7.08. The van der Waals surface area contributed by atoms with Gasteiger partial charge in [-0.05, 0) is 43.1 Å². The first-order valence-electron chi connectivity index (χ1n) is 10.6. The first-order chi connectivity index (χ1) is 13.9. The summed E-state index contributed by atoms with van der Waals surface area (Å²) in [5.41, 5.74) is 4.81. The predicted octanol–water partition coefficient (Wildman–Crippen LogP) is 6.28. The van der Waals surface area contributed by atoms with E-state index in [0.717, 1.165) is 16.8 Å². The lowest BCUT2D eigenvalue weighted by Crippen LogP contribution is -2.21. The minimum atomic E-state index is -0.418. The van der Waals surface area contributed by atoms with Gasteiger partial charge in [0.15, 0.2) is 0 Å². The van der Waals surface area contributed by atoms with Crippen molar-refractivity contribution in [3.8, 4) is 17.2 Å². The van der Waals surface area contributed by atoms with Crippen LogP contribution >= 0.6 is 0 Å². The smallest absolute Gasteiger partial charge is 0.340 e. The third-order valence-corrected chi connectivity index (χ3v) is 4.67. The first kappa shape index (κ1) is 23.6. The molecule has 0 radical (unpaired) electrons. The van der Waals surface area contributed by atoms with Gasteiger partial charge in [0.1, 0.15) is 6.07 Å². The molecule has 160 valence electrons. The fourth-order valence-electron chi connectivity index (χ4n) is 3.50. The largest absolute Gasteiger partial charge is 0.462 e. The molecule has 4 heteroatoms. The Morgan fingerprint density at radius 1 is 1.00 bits per heavy atom. The van der Waals surface area contributed by atoms with E-state index in [1.54, 1.807) is 6.92 Å². The molecule has 2 rings (SSSR count). The standard InChI is InChI=1S/C26H34N2O2/c1-9-30-24(29)23-21(15-26(6,7)8)28-20(14-25(3,4)5)19(16-27)22(23)18-12-10-17(2)11-13-18/h10-13H,9,14-15H2,1-8H3. The Morgan fingerprint density at radius 2 is 1.53 bits per heavy atom. The molecule has 30 heavy (non-hydrogen) atoms. The summed E-state index contributed by atoms with van der Waals surface area (Å²) in [4.78, 5) is 18.0. The van der Waals surface area contributed by atoms with E-state index in [4.69, 9.17) is 9.72 Å². The number of esters is 1. The van der Waals surface area contributed by atoms with E-state index < -0.39 is 5.97 Å². The molecule has 0 N–H and O–H groups in total. The summed E-state index contributed by atoms with van der Waals surface area (Å²) in [6.07, 6.45) is 1.26. The molecule has 0 bridgehead atoms. The van der Waals surface area contributed by atoms with Gasteiger partial charge >= 0.3 is 5.97 Å². The number of nitrogens with zero attached hydrogens (tertiary/aromatic N) is 2. The second-order valence-electron chi connectivity index (χ2n) is 10.3. The summed E-state index contributed by atoms with van der Waals surface area (Å²) in [7, 11) is 0. The van der Waals surface area contributed by atoms with Gasteiger partial charge in [0.05, 0.1) is 29.1 Å². The van der Waals surface area contributed by atoms with Crippen LogP contribution in [0.3, 0.4) is 0 Å². The van der Waals surface area contributed by atoms with Crippen LogP contribution in [-0.4, -0.2) is 17.6 Å². The number of pyridine rings is 1. The number of aryl methyl sites for hydroxylation is 1. The van der Waals surface area contributed by atoms with Gasteiger partial charge in [-0.1, -0.05) is 71.4 Å². The topological polar surface area (TPSA) is 63.0 Å². The Balaban J connectivity index is 2.95. The number of hydrogen-bond acceptors (Lipinski definition) is 4. The van der Waals surface area contributed by atoms with E-state index in [-0.39, 0.29) is 17.4 Å². The van der Waals surface area contributed by atoms with E-state index in [1.807, 2.05) is 31.2 Å². The SMILES string of the molecule is CCOC(=O)c1c(CC(C)(C)C)nc(CC(C)(C)C)c(C#N)c1-c1ccc(C)cc1. The molecule has 0 amide bonds. The highest BCUT2D eigenvalue weighted by atomic mass is 16.5. The summed E-state index contributed by atoms with van der Waals surface area (Å²) in [6.45, 7) is 16.8. The summed E-state index contributed by atoms with van der Waals surface area (Å²) in [6, 6.07) is 10.3. The maximum absolute atomic E-state index is 13.1. The van der Waals surface area contributed by atoms with Crippen LogP contribution in [0.5, 0.6) is 0 Å². The molecule has 0 unspecified atom stereocenters. The third-order valence-electron chi connectivity index (χ3n) is 4.67. The van der Waals surface area contributed by atoms with E-state index in [2.05, 4.69) is 47.6 Å². The van der Waals surface area contributed by atoms with Crippen molar-refractivity contribution in [2.75, 3.05) is 6.61 Å². The zero-order valence-corrected chi connectivity index (χ0v) is 19.6. The van der Waals surface area contributed by atoms with Crippen LogP contribution in [0.2, 0.25) is 0 Å². The number of hydrogen-bond donors (Lipinski definition) is 0. The van der Waals surface area contributed by atoms with Crippen molar-refractivity contribution in [3.05, 3.63) is 52.3 Å². The molecule has 1 aromatic carbocycles. The molecule has 0 spiro atoms. The van der Waals surface area contributed by atoms with E-state index in [1.165, 1.54) is 0 Å². The highest BCUT2D eigenvalue weighted by Gasteiger charge is 2.29. The lowest BCUT2D eigenvalue weighted by Gasteiger charge is -2.25. The van der Waals surface area contributed by atoms with Gasteiger partial charge in [0.2, 0.25) is 0 Å². The normalized spacial score (nSPS) is 11.8. The van der Waals surface area contributed by atoms with Gasteiger partial charge in [0, 0.05) is 5.56 Å². The van der Waals surface area contributed by atoms with Gasteiger partial charge < -0.3 is 4.74 Å². The molecular formula is C26H34N2O2. The number of benzene rings is 1. The number of ether oxygens (including phenoxy) is 1. The molecule has 2 aromatic rings. The number of aromatic nitrogens is 1. The Morgan fingerprint density at radius 3 is 2.00 bits per heavy atom. The Hall–Kier alpha value is -2.67. The van der Waals surface area contributed by atoms with Crippen LogP contribution < -0.4 is 0 Å². The fourth-order valence-corrected chi connectivity index (χ4v) is 3.50. The Bertz CT molecular complexity index is 953. The van der Waals surface area contributed by atoms with E-state index in [9.17, 15) is 10.1 Å². The monoisotopic (exact) mass is 406 g/mol. The van der Waals surface area contributed by atoms with E-state index >= 15 is 0 Å². The summed E-state index contributed by atoms with van der Waals surface area (Å²) < 4.78 is 5.42. The van der Waals surface area contributed by atoms with Crippen molar-refractivity contribution in [2.45, 2.75) is 68.2 Å². The average Bonchev–Trinajstić information content (AvgIpc) is 2.59. The van der Waals surface area contributed by atoms with Gasteiger partial charge in [-0.2, -0.15) is 5.26 Å². The number of rotatable bonds is 5. The molecule has 1 heterocycles. The van der Waals surface area contributed by atoms with Gasteiger partial charge in [-0.3, -0.25) is 4.98 Å². The molecule has 4 nitrogen and oxygen atoms in total. The summed E-state index contributed by atoms with van der Waals surface area (Å²) >= 11 is 0. The molecule has 0 atom stereocenters. The molecule has 0 aliphatic heterocycles. The van der Waals surface area contributed by atoms with Crippen molar-refractivity contribution in [1.29, 1.82) is 5.26 Å². The third kappa shape index (κ3) is 5.92. The van der Waals surface area contributed by atoms with Crippen LogP contribution in [0.25, 0.3) is 11.1 Å². The maximum atomic E-state index is 13.1. The maximum Gasteiger partial charge on any atom is 0.340 e. The van der Waals surface area contributed by atoms with Crippen LogP contribution in [0.4, 0.5) is 0 Å². The predicted molar refractivity (Wildman–Crippen MR) is 121 cm³/mol. The summed E-state index contributed by atoms with van der Waals surface area (Å²) in [5.74, 6) is -0.418. The van der Waals surface area contributed by atoms with E-state index in [0.29, 0.717) is 35.2 Å². The van der Waals surface area contributed by atoms with Crippen LogP contribution in [0.15, 0.2) is 24.3 Å². The van der Waals surface area contributed by atoms with Gasteiger partial charge in [-0.15, -0.1) is 0 Å². The average molecular weight is 407 g/mol. The lowest BCUT2D eigenvalue weighted by atomic mass is 9.82. The van der Waals surface area contributed by atoms with Crippen molar-refractivity contribution in [3.63, 3.8) is 0 Å². The molecule has 0 saturated heterocycles. The van der Waals surface area contributed by atoms with Crippen LogP contribution in [0, 0.1) is 29.1 Å². The molecule has 0 fully saturated rings. The zero-order chi connectivity index (χ0) is 22.7. The molecule has 0 aliphatic rings. The number of nitriles is 1. The minimum Gasteiger partial charge on any atom is -0.462 e.